The predicted octanol–water partition coefficient (Wildman–Crippen LogP) is 4.44. The first kappa shape index (κ1) is 12.0. The summed E-state index contributed by atoms with van der Waals surface area (Å²) in [4.78, 5) is 0. The SMILES string of the molecule is CC(C)C1CCC(C)(F)CC1C(C)C. The van der Waals surface area contributed by atoms with Gasteiger partial charge < -0.3 is 0 Å². The molecule has 3 unspecified atom stereocenters. The van der Waals surface area contributed by atoms with Crippen molar-refractivity contribution in [3.8, 4) is 0 Å². The largest absolute Gasteiger partial charge is 0.244 e. The van der Waals surface area contributed by atoms with Crippen molar-refractivity contribution >= 4 is 0 Å². The van der Waals surface area contributed by atoms with Crippen LogP contribution in [0.5, 0.6) is 0 Å². The second kappa shape index (κ2) is 4.20. The van der Waals surface area contributed by atoms with Gasteiger partial charge >= 0.3 is 0 Å². The molecule has 0 amide bonds. The van der Waals surface area contributed by atoms with Crippen LogP contribution in [0.3, 0.4) is 0 Å². The third-order valence-corrected chi connectivity index (χ3v) is 3.92. The Bertz CT molecular complexity index is 182. The van der Waals surface area contributed by atoms with Gasteiger partial charge in [-0.3, -0.25) is 0 Å². The van der Waals surface area contributed by atoms with Crippen molar-refractivity contribution in [3.63, 3.8) is 0 Å². The van der Waals surface area contributed by atoms with Crippen LogP contribution in [0.1, 0.15) is 53.9 Å². The van der Waals surface area contributed by atoms with Crippen molar-refractivity contribution in [2.45, 2.75) is 59.5 Å². The summed E-state index contributed by atoms with van der Waals surface area (Å²) in [6.45, 7) is 10.8. The summed E-state index contributed by atoms with van der Waals surface area (Å²) >= 11 is 0. The highest BCUT2D eigenvalue weighted by Crippen LogP contribution is 2.44. The normalized spacial score (nSPS) is 39.4. The second-order valence-electron chi connectivity index (χ2n) is 5.97. The Morgan fingerprint density at radius 1 is 1.07 bits per heavy atom. The molecule has 0 spiro atoms. The number of hydrogen-bond donors (Lipinski definition) is 0. The molecule has 1 aliphatic carbocycles. The standard InChI is InChI=1S/C13H25F/c1-9(2)11-6-7-13(5,14)8-12(11)10(3)4/h9-12H,6-8H2,1-5H3. The van der Waals surface area contributed by atoms with Crippen molar-refractivity contribution in [1.29, 1.82) is 0 Å². The second-order valence-corrected chi connectivity index (χ2v) is 5.97. The van der Waals surface area contributed by atoms with Gasteiger partial charge in [0, 0.05) is 0 Å². The zero-order valence-electron chi connectivity index (χ0n) is 10.3. The van der Waals surface area contributed by atoms with Gasteiger partial charge in [0.2, 0.25) is 0 Å². The van der Waals surface area contributed by atoms with Gasteiger partial charge in [0.25, 0.3) is 0 Å². The summed E-state index contributed by atoms with van der Waals surface area (Å²) in [6, 6.07) is 0. The lowest BCUT2D eigenvalue weighted by Crippen LogP contribution is -2.38. The minimum absolute atomic E-state index is 0.582. The van der Waals surface area contributed by atoms with Gasteiger partial charge in [-0.15, -0.1) is 0 Å². The average molecular weight is 200 g/mol. The summed E-state index contributed by atoms with van der Waals surface area (Å²) in [6.07, 6.45) is 2.61. The zero-order chi connectivity index (χ0) is 10.9. The molecule has 1 fully saturated rings. The topological polar surface area (TPSA) is 0 Å². The minimum atomic E-state index is -0.902. The molecule has 0 N–H and O–H groups in total. The Kier molecular flexibility index (Phi) is 3.60. The number of hydrogen-bond acceptors (Lipinski definition) is 0. The van der Waals surface area contributed by atoms with Crippen molar-refractivity contribution in [2.24, 2.45) is 23.7 Å². The molecule has 1 saturated carbocycles. The molecule has 0 aliphatic heterocycles. The molecule has 0 bridgehead atoms. The smallest absolute Gasteiger partial charge is 0.108 e. The van der Waals surface area contributed by atoms with E-state index in [0.717, 1.165) is 25.2 Å². The molecule has 0 aromatic rings. The summed E-state index contributed by atoms with van der Waals surface area (Å²) in [7, 11) is 0. The van der Waals surface area contributed by atoms with Crippen molar-refractivity contribution in [3.05, 3.63) is 0 Å². The van der Waals surface area contributed by atoms with Crippen LogP contribution in [-0.2, 0) is 0 Å². The van der Waals surface area contributed by atoms with Gasteiger partial charge in [-0.1, -0.05) is 27.7 Å². The molecule has 0 saturated heterocycles. The molecule has 0 heterocycles. The first-order valence-corrected chi connectivity index (χ1v) is 6.02. The molecular formula is C13H25F. The molecule has 0 aromatic carbocycles. The molecule has 0 radical (unpaired) electrons. The van der Waals surface area contributed by atoms with Crippen LogP contribution in [0.4, 0.5) is 4.39 Å². The van der Waals surface area contributed by atoms with E-state index in [2.05, 4.69) is 27.7 Å². The minimum Gasteiger partial charge on any atom is -0.244 e. The Morgan fingerprint density at radius 3 is 2.00 bits per heavy atom. The van der Waals surface area contributed by atoms with E-state index in [9.17, 15) is 4.39 Å². The number of halogens is 1. The van der Waals surface area contributed by atoms with Crippen LogP contribution >= 0.6 is 0 Å². The first-order chi connectivity index (χ1) is 6.33. The van der Waals surface area contributed by atoms with Crippen LogP contribution in [0.2, 0.25) is 0 Å². The van der Waals surface area contributed by atoms with E-state index in [1.54, 1.807) is 6.92 Å². The third-order valence-electron chi connectivity index (χ3n) is 3.92. The Morgan fingerprint density at radius 2 is 1.57 bits per heavy atom. The van der Waals surface area contributed by atoms with E-state index in [4.69, 9.17) is 0 Å². The van der Waals surface area contributed by atoms with Crippen LogP contribution in [-0.4, -0.2) is 5.67 Å². The molecule has 84 valence electrons. The highest BCUT2D eigenvalue weighted by molar-refractivity contribution is 4.89. The summed E-state index contributed by atoms with van der Waals surface area (Å²) in [5.74, 6) is 2.65. The van der Waals surface area contributed by atoms with Gasteiger partial charge in [0.05, 0.1) is 0 Å². The van der Waals surface area contributed by atoms with Crippen molar-refractivity contribution in [1.82, 2.24) is 0 Å². The van der Waals surface area contributed by atoms with Crippen molar-refractivity contribution in [2.75, 3.05) is 0 Å². The molecule has 1 rings (SSSR count). The Labute approximate surface area is 88.3 Å². The predicted molar refractivity (Wildman–Crippen MR) is 60.0 cm³/mol. The number of alkyl halides is 1. The van der Waals surface area contributed by atoms with Crippen molar-refractivity contribution < 1.29 is 4.39 Å². The van der Waals surface area contributed by atoms with Gasteiger partial charge in [0.15, 0.2) is 0 Å². The highest BCUT2D eigenvalue weighted by Gasteiger charge is 2.39. The maximum atomic E-state index is 13.9. The molecule has 14 heavy (non-hydrogen) atoms. The van der Waals surface area contributed by atoms with Gasteiger partial charge in [-0.05, 0) is 49.9 Å². The van der Waals surface area contributed by atoms with E-state index in [0.29, 0.717) is 17.8 Å². The van der Waals surface area contributed by atoms with Crippen LogP contribution in [0, 0.1) is 23.7 Å². The first-order valence-electron chi connectivity index (χ1n) is 6.02. The average Bonchev–Trinajstić information content (AvgIpc) is 2.01. The van der Waals surface area contributed by atoms with Gasteiger partial charge in [-0.25, -0.2) is 4.39 Å². The van der Waals surface area contributed by atoms with Gasteiger partial charge in [-0.2, -0.15) is 0 Å². The van der Waals surface area contributed by atoms with Crippen LogP contribution in [0.25, 0.3) is 0 Å². The summed E-state index contributed by atoms with van der Waals surface area (Å²) in [5, 5.41) is 0. The molecule has 1 aliphatic rings. The Hall–Kier alpha value is -0.0700. The highest BCUT2D eigenvalue weighted by atomic mass is 19.1. The fourth-order valence-electron chi connectivity index (χ4n) is 2.98. The maximum absolute atomic E-state index is 13.9. The number of rotatable bonds is 2. The zero-order valence-corrected chi connectivity index (χ0v) is 10.3. The molecule has 3 atom stereocenters. The summed E-state index contributed by atoms with van der Waals surface area (Å²) in [5.41, 5.74) is -0.902. The fraction of sp³-hybridized carbons (Fsp3) is 1.00. The van der Waals surface area contributed by atoms with E-state index >= 15 is 0 Å². The Balaban J connectivity index is 2.71. The van der Waals surface area contributed by atoms with E-state index < -0.39 is 5.67 Å². The molecular weight excluding hydrogens is 175 g/mol. The molecule has 0 aromatic heterocycles. The lowest BCUT2D eigenvalue weighted by Gasteiger charge is -2.42. The fourth-order valence-corrected chi connectivity index (χ4v) is 2.98. The summed E-state index contributed by atoms with van der Waals surface area (Å²) < 4.78 is 13.9. The van der Waals surface area contributed by atoms with Gasteiger partial charge in [0.1, 0.15) is 5.67 Å². The quantitative estimate of drug-likeness (QED) is 0.618. The third kappa shape index (κ3) is 2.71. The molecule has 1 heteroatoms. The van der Waals surface area contributed by atoms with Crippen LogP contribution in [0.15, 0.2) is 0 Å². The van der Waals surface area contributed by atoms with E-state index in [1.807, 2.05) is 0 Å². The van der Waals surface area contributed by atoms with E-state index in [1.165, 1.54) is 0 Å². The lowest BCUT2D eigenvalue weighted by molar-refractivity contribution is 0.0201. The van der Waals surface area contributed by atoms with Crippen LogP contribution < -0.4 is 0 Å². The molecule has 0 nitrogen and oxygen atoms in total. The monoisotopic (exact) mass is 200 g/mol. The van der Waals surface area contributed by atoms with E-state index in [-0.39, 0.29) is 0 Å². The maximum Gasteiger partial charge on any atom is 0.108 e. The lowest BCUT2D eigenvalue weighted by atomic mass is 9.65.